The molecule has 1 rings (SSSR count). The number of nitrogens with one attached hydrogen (secondary N) is 1. The minimum absolute atomic E-state index is 0.234. The minimum Gasteiger partial charge on any atom is -0.359 e. The third kappa shape index (κ3) is 2.73. The van der Waals surface area contributed by atoms with E-state index in [0.717, 1.165) is 18.8 Å². The van der Waals surface area contributed by atoms with Crippen molar-refractivity contribution in [2.45, 2.75) is 46.5 Å². The van der Waals surface area contributed by atoms with E-state index >= 15 is 0 Å². The van der Waals surface area contributed by atoms with Crippen molar-refractivity contribution in [1.29, 1.82) is 0 Å². The summed E-state index contributed by atoms with van der Waals surface area (Å²) in [5.41, 5.74) is 0.410. The summed E-state index contributed by atoms with van der Waals surface area (Å²) in [6.07, 6.45) is 4.56. The summed E-state index contributed by atoms with van der Waals surface area (Å²) in [5, 5.41) is 2.75. The van der Waals surface area contributed by atoms with Crippen LogP contribution in [0.5, 0.6) is 0 Å². The Bertz CT molecular complexity index is 197. The predicted octanol–water partition coefficient (Wildman–Crippen LogP) is 2.58. The molecule has 82 valence electrons. The first kappa shape index (κ1) is 11.5. The van der Waals surface area contributed by atoms with Crippen LogP contribution in [0.25, 0.3) is 0 Å². The molecule has 0 atom stereocenters. The van der Waals surface area contributed by atoms with Crippen LogP contribution in [0, 0.1) is 17.3 Å². The molecule has 0 heterocycles. The standard InChI is InChI=1S/C12H23NO/c1-12(2,3)10-7-5-9(6-8-10)11(14)13-4/h9-10H,5-8H2,1-4H3,(H,13,14). The van der Waals surface area contributed by atoms with Gasteiger partial charge in [-0.25, -0.2) is 0 Å². The van der Waals surface area contributed by atoms with Gasteiger partial charge in [-0.2, -0.15) is 0 Å². The van der Waals surface area contributed by atoms with Crippen molar-refractivity contribution >= 4 is 5.91 Å². The van der Waals surface area contributed by atoms with Gasteiger partial charge >= 0.3 is 0 Å². The Morgan fingerprint density at radius 2 is 1.64 bits per heavy atom. The summed E-state index contributed by atoms with van der Waals surface area (Å²) in [7, 11) is 1.73. The van der Waals surface area contributed by atoms with Gasteiger partial charge in [0.25, 0.3) is 0 Å². The lowest BCUT2D eigenvalue weighted by molar-refractivity contribution is -0.126. The highest BCUT2D eigenvalue weighted by Crippen LogP contribution is 2.39. The molecule has 1 aliphatic rings. The molecule has 1 saturated carbocycles. The van der Waals surface area contributed by atoms with Crippen LogP contribution in [0.3, 0.4) is 0 Å². The fraction of sp³-hybridized carbons (Fsp3) is 0.917. The van der Waals surface area contributed by atoms with Gasteiger partial charge < -0.3 is 5.32 Å². The van der Waals surface area contributed by atoms with E-state index in [1.807, 2.05) is 0 Å². The molecule has 1 fully saturated rings. The molecule has 1 N–H and O–H groups in total. The SMILES string of the molecule is CNC(=O)C1CCC(C(C)(C)C)CC1. The van der Waals surface area contributed by atoms with E-state index in [1.165, 1.54) is 12.8 Å². The van der Waals surface area contributed by atoms with E-state index in [2.05, 4.69) is 26.1 Å². The number of carbonyl (C=O) groups excluding carboxylic acids is 1. The van der Waals surface area contributed by atoms with Crippen LogP contribution in [0.1, 0.15) is 46.5 Å². The first-order valence-electron chi connectivity index (χ1n) is 5.66. The van der Waals surface area contributed by atoms with Gasteiger partial charge in [0.1, 0.15) is 0 Å². The summed E-state index contributed by atoms with van der Waals surface area (Å²) < 4.78 is 0. The normalized spacial score (nSPS) is 28.6. The maximum Gasteiger partial charge on any atom is 0.222 e. The van der Waals surface area contributed by atoms with Gasteiger partial charge in [0.05, 0.1) is 0 Å². The van der Waals surface area contributed by atoms with E-state index in [9.17, 15) is 4.79 Å². The monoisotopic (exact) mass is 197 g/mol. The van der Waals surface area contributed by atoms with Gasteiger partial charge in [0.2, 0.25) is 5.91 Å². The summed E-state index contributed by atoms with van der Waals surface area (Å²) >= 11 is 0. The molecule has 0 spiro atoms. The van der Waals surface area contributed by atoms with Crippen LogP contribution in [0.2, 0.25) is 0 Å². The first-order chi connectivity index (χ1) is 6.45. The second-order valence-corrected chi connectivity index (χ2v) is 5.53. The maximum atomic E-state index is 11.4. The lowest BCUT2D eigenvalue weighted by Crippen LogP contribution is -2.33. The highest BCUT2D eigenvalue weighted by atomic mass is 16.1. The van der Waals surface area contributed by atoms with E-state index in [-0.39, 0.29) is 11.8 Å². The smallest absolute Gasteiger partial charge is 0.222 e. The molecule has 2 nitrogen and oxygen atoms in total. The van der Waals surface area contributed by atoms with E-state index in [4.69, 9.17) is 0 Å². The van der Waals surface area contributed by atoms with Crippen LogP contribution in [-0.4, -0.2) is 13.0 Å². The molecule has 14 heavy (non-hydrogen) atoms. The zero-order valence-electron chi connectivity index (χ0n) is 9.89. The van der Waals surface area contributed by atoms with Gasteiger partial charge in [-0.05, 0) is 37.0 Å². The van der Waals surface area contributed by atoms with E-state index in [1.54, 1.807) is 7.05 Å². The first-order valence-corrected chi connectivity index (χ1v) is 5.66. The van der Waals surface area contributed by atoms with Crippen LogP contribution >= 0.6 is 0 Å². The number of hydrogen-bond donors (Lipinski definition) is 1. The predicted molar refractivity (Wildman–Crippen MR) is 59.0 cm³/mol. The van der Waals surface area contributed by atoms with E-state index < -0.39 is 0 Å². The summed E-state index contributed by atoms with van der Waals surface area (Å²) in [5.74, 6) is 1.30. The molecule has 0 bridgehead atoms. The Hall–Kier alpha value is -0.530. The van der Waals surface area contributed by atoms with Crippen LogP contribution < -0.4 is 5.32 Å². The average molecular weight is 197 g/mol. The number of rotatable bonds is 1. The Balaban J connectivity index is 2.43. The van der Waals surface area contributed by atoms with Crippen LogP contribution in [0.4, 0.5) is 0 Å². The van der Waals surface area contributed by atoms with Gasteiger partial charge in [0.15, 0.2) is 0 Å². The molecular weight excluding hydrogens is 174 g/mol. The molecule has 0 saturated heterocycles. The summed E-state index contributed by atoms with van der Waals surface area (Å²) in [6.45, 7) is 6.91. The number of amides is 1. The molecule has 0 aromatic rings. The van der Waals surface area contributed by atoms with Gasteiger partial charge in [-0.1, -0.05) is 20.8 Å². The molecule has 0 unspecified atom stereocenters. The minimum atomic E-state index is 0.234. The third-order valence-electron chi connectivity index (χ3n) is 3.57. The van der Waals surface area contributed by atoms with E-state index in [0.29, 0.717) is 5.41 Å². The quantitative estimate of drug-likeness (QED) is 0.688. The second kappa shape index (κ2) is 4.33. The molecule has 2 heteroatoms. The summed E-state index contributed by atoms with van der Waals surface area (Å²) in [6, 6.07) is 0. The van der Waals surface area contributed by atoms with Crippen LogP contribution in [-0.2, 0) is 4.79 Å². The van der Waals surface area contributed by atoms with Crippen molar-refractivity contribution in [3.8, 4) is 0 Å². The lowest BCUT2D eigenvalue weighted by Gasteiger charge is -2.36. The fourth-order valence-corrected chi connectivity index (χ4v) is 2.43. The molecular formula is C12H23NO. The Morgan fingerprint density at radius 1 is 1.14 bits per heavy atom. The van der Waals surface area contributed by atoms with Gasteiger partial charge in [0, 0.05) is 13.0 Å². The molecule has 0 aliphatic heterocycles. The maximum absolute atomic E-state index is 11.4. The zero-order valence-corrected chi connectivity index (χ0v) is 9.89. The van der Waals surface area contributed by atoms with Crippen molar-refractivity contribution in [3.63, 3.8) is 0 Å². The second-order valence-electron chi connectivity index (χ2n) is 5.53. The Kier molecular flexibility index (Phi) is 3.57. The largest absolute Gasteiger partial charge is 0.359 e. The van der Waals surface area contributed by atoms with Crippen molar-refractivity contribution in [2.75, 3.05) is 7.05 Å². The van der Waals surface area contributed by atoms with Crippen molar-refractivity contribution < 1.29 is 4.79 Å². The molecule has 1 amide bonds. The highest BCUT2D eigenvalue weighted by molar-refractivity contribution is 5.78. The van der Waals surface area contributed by atoms with Crippen LogP contribution in [0.15, 0.2) is 0 Å². The van der Waals surface area contributed by atoms with Crippen molar-refractivity contribution in [1.82, 2.24) is 5.32 Å². The molecule has 0 radical (unpaired) electrons. The number of hydrogen-bond acceptors (Lipinski definition) is 1. The zero-order chi connectivity index (χ0) is 10.8. The highest BCUT2D eigenvalue weighted by Gasteiger charge is 2.31. The fourth-order valence-electron chi connectivity index (χ4n) is 2.43. The molecule has 0 aromatic carbocycles. The van der Waals surface area contributed by atoms with Crippen molar-refractivity contribution in [2.24, 2.45) is 17.3 Å². The summed E-state index contributed by atoms with van der Waals surface area (Å²) in [4.78, 5) is 11.4. The van der Waals surface area contributed by atoms with Gasteiger partial charge in [-0.3, -0.25) is 4.79 Å². The lowest BCUT2D eigenvalue weighted by atomic mass is 9.70. The number of carbonyl (C=O) groups is 1. The average Bonchev–Trinajstić information content (AvgIpc) is 2.15. The van der Waals surface area contributed by atoms with Crippen molar-refractivity contribution in [3.05, 3.63) is 0 Å². The Morgan fingerprint density at radius 3 is 2.00 bits per heavy atom. The topological polar surface area (TPSA) is 29.1 Å². The third-order valence-corrected chi connectivity index (χ3v) is 3.57. The Labute approximate surface area is 87.5 Å². The molecule has 1 aliphatic carbocycles. The molecule has 0 aromatic heterocycles. The van der Waals surface area contributed by atoms with Gasteiger partial charge in [-0.15, -0.1) is 0 Å².